The number of hydrogen-bond acceptors (Lipinski definition) is 6. The summed E-state index contributed by atoms with van der Waals surface area (Å²) in [6.45, 7) is 16.2. The molecule has 0 spiro atoms. The fourth-order valence-corrected chi connectivity index (χ4v) is 3.04. The van der Waals surface area contributed by atoms with Gasteiger partial charge in [0.05, 0.1) is 18.1 Å². The number of carbonyl (C=O) groups is 1. The van der Waals surface area contributed by atoms with E-state index in [0.717, 1.165) is 28.6 Å². The Morgan fingerprint density at radius 2 is 1.93 bits per heavy atom. The van der Waals surface area contributed by atoms with E-state index >= 15 is 0 Å². The van der Waals surface area contributed by atoms with Gasteiger partial charge >= 0.3 is 0 Å². The predicted octanol–water partition coefficient (Wildman–Crippen LogP) is 3.56. The largest absolute Gasteiger partial charge is 0.369 e. The molecule has 2 aromatic rings. The fourth-order valence-electron chi connectivity index (χ4n) is 2.34. The van der Waals surface area contributed by atoms with Crippen LogP contribution in [0.15, 0.2) is 11.4 Å². The van der Waals surface area contributed by atoms with E-state index in [2.05, 4.69) is 48.4 Å². The summed E-state index contributed by atoms with van der Waals surface area (Å²) in [4.78, 5) is 21.4. The van der Waals surface area contributed by atoms with Crippen molar-refractivity contribution in [1.82, 2.24) is 25.1 Å². The van der Waals surface area contributed by atoms with Gasteiger partial charge in [0.2, 0.25) is 5.91 Å². The third-order valence-electron chi connectivity index (χ3n) is 3.78. The number of anilines is 1. The van der Waals surface area contributed by atoms with Gasteiger partial charge in [0.1, 0.15) is 5.82 Å². The Labute approximate surface area is 166 Å². The maximum Gasteiger partial charge on any atom is 0.225 e. The van der Waals surface area contributed by atoms with Gasteiger partial charge in [-0.05, 0) is 5.92 Å². The first kappa shape index (κ1) is 21.5. The van der Waals surface area contributed by atoms with Crippen LogP contribution in [0.25, 0.3) is 11.0 Å². The number of rotatable bonds is 8. The molecule has 0 saturated carbocycles. The first-order valence-electron chi connectivity index (χ1n) is 9.50. The number of carbonyl (C=O) groups excluding carboxylic acids is 1. The molecule has 2 aromatic heterocycles. The second-order valence-electron chi connectivity index (χ2n) is 8.41. The van der Waals surface area contributed by atoms with Crippen molar-refractivity contribution in [1.29, 1.82) is 0 Å². The van der Waals surface area contributed by atoms with Crippen molar-refractivity contribution in [2.75, 3.05) is 18.4 Å². The summed E-state index contributed by atoms with van der Waals surface area (Å²) in [6.07, 6.45) is 1.80. The molecule has 0 fully saturated rings. The Morgan fingerprint density at radius 3 is 2.52 bits per heavy atom. The third-order valence-corrected chi connectivity index (χ3v) is 4.65. The highest BCUT2D eigenvalue weighted by atomic mass is 32.2. The number of thioether (sulfide) groups is 1. The van der Waals surface area contributed by atoms with Gasteiger partial charge in [-0.15, -0.1) is 0 Å². The number of nitrogens with one attached hydrogen (secondary N) is 2. The zero-order chi connectivity index (χ0) is 20.2. The van der Waals surface area contributed by atoms with Crippen molar-refractivity contribution in [3.63, 3.8) is 0 Å². The summed E-state index contributed by atoms with van der Waals surface area (Å²) < 4.78 is 1.84. The van der Waals surface area contributed by atoms with Crippen molar-refractivity contribution < 1.29 is 4.79 Å². The van der Waals surface area contributed by atoms with Crippen LogP contribution < -0.4 is 10.6 Å². The van der Waals surface area contributed by atoms with Gasteiger partial charge in [-0.25, -0.2) is 14.6 Å². The molecule has 150 valence electrons. The van der Waals surface area contributed by atoms with Gasteiger partial charge in [0.25, 0.3) is 0 Å². The number of nitrogens with zero attached hydrogens (tertiary/aromatic N) is 4. The lowest BCUT2D eigenvalue weighted by molar-refractivity contribution is -0.128. The summed E-state index contributed by atoms with van der Waals surface area (Å²) >= 11 is 1.63. The topological polar surface area (TPSA) is 84.7 Å². The molecule has 0 saturated heterocycles. The van der Waals surface area contributed by atoms with Crippen LogP contribution in [0.3, 0.4) is 0 Å². The van der Waals surface area contributed by atoms with Gasteiger partial charge in [-0.1, -0.05) is 60.2 Å². The highest BCUT2D eigenvalue weighted by molar-refractivity contribution is 7.99. The molecular weight excluding hydrogens is 360 g/mol. The predicted molar refractivity (Wildman–Crippen MR) is 112 cm³/mol. The van der Waals surface area contributed by atoms with Gasteiger partial charge < -0.3 is 10.6 Å². The van der Waals surface area contributed by atoms with Crippen LogP contribution in [0.5, 0.6) is 0 Å². The van der Waals surface area contributed by atoms with Gasteiger partial charge in [0.15, 0.2) is 10.8 Å². The standard InChI is InChI=1S/C19H32N6OS/c1-12(2)10-21-15-14-11-22-25(9-8-20-17(26)19(5,6)7)16(14)24-18(23-15)27-13(3)4/h11-13H,8-10H2,1-7H3,(H,20,26)(H,21,23,24). The van der Waals surface area contributed by atoms with Crippen molar-refractivity contribution >= 4 is 34.5 Å². The molecule has 0 aliphatic carbocycles. The van der Waals surface area contributed by atoms with Crippen molar-refractivity contribution in [2.45, 2.75) is 65.4 Å². The Balaban J connectivity index is 2.24. The van der Waals surface area contributed by atoms with Crippen molar-refractivity contribution in [3.05, 3.63) is 6.20 Å². The lowest BCUT2D eigenvalue weighted by Crippen LogP contribution is -2.36. The van der Waals surface area contributed by atoms with Crippen LogP contribution >= 0.6 is 11.8 Å². The molecule has 0 aromatic carbocycles. The zero-order valence-corrected chi connectivity index (χ0v) is 18.3. The number of hydrogen-bond donors (Lipinski definition) is 2. The highest BCUT2D eigenvalue weighted by Gasteiger charge is 2.20. The van der Waals surface area contributed by atoms with Gasteiger partial charge in [-0.2, -0.15) is 5.10 Å². The first-order chi connectivity index (χ1) is 12.6. The number of aromatic nitrogens is 4. The van der Waals surface area contributed by atoms with E-state index in [1.165, 1.54) is 0 Å². The Morgan fingerprint density at radius 1 is 1.22 bits per heavy atom. The van der Waals surface area contributed by atoms with E-state index < -0.39 is 5.41 Å². The molecule has 0 unspecified atom stereocenters. The molecule has 1 amide bonds. The smallest absolute Gasteiger partial charge is 0.225 e. The number of amides is 1. The highest BCUT2D eigenvalue weighted by Crippen LogP contribution is 2.26. The Kier molecular flexibility index (Phi) is 7.08. The molecule has 0 aliphatic heterocycles. The summed E-state index contributed by atoms with van der Waals surface area (Å²) in [7, 11) is 0. The molecule has 0 atom stereocenters. The van der Waals surface area contributed by atoms with Crippen molar-refractivity contribution in [2.24, 2.45) is 11.3 Å². The van der Waals surface area contributed by atoms with Crippen LogP contribution in [-0.2, 0) is 11.3 Å². The molecule has 2 N–H and O–H groups in total. The normalized spacial score (nSPS) is 12.2. The SMILES string of the molecule is CC(C)CNc1nc(SC(C)C)nc2c1cnn2CCNC(=O)C(C)(C)C. The average molecular weight is 393 g/mol. The van der Waals surface area contributed by atoms with Crippen LogP contribution in [0.1, 0.15) is 48.5 Å². The molecule has 0 radical (unpaired) electrons. The van der Waals surface area contributed by atoms with Crippen LogP contribution in [0, 0.1) is 11.3 Å². The Hall–Kier alpha value is -1.83. The maximum absolute atomic E-state index is 12.1. The quantitative estimate of drug-likeness (QED) is 0.528. The minimum Gasteiger partial charge on any atom is -0.369 e. The van der Waals surface area contributed by atoms with Crippen LogP contribution in [-0.4, -0.2) is 44.0 Å². The minimum atomic E-state index is -0.399. The lowest BCUT2D eigenvalue weighted by Gasteiger charge is -2.17. The van der Waals surface area contributed by atoms with E-state index in [9.17, 15) is 4.79 Å². The molecule has 27 heavy (non-hydrogen) atoms. The van der Waals surface area contributed by atoms with E-state index in [1.807, 2.05) is 25.5 Å². The molecule has 7 nitrogen and oxygen atoms in total. The molecule has 0 bridgehead atoms. The first-order valence-corrected chi connectivity index (χ1v) is 10.4. The van der Waals surface area contributed by atoms with E-state index in [1.54, 1.807) is 18.0 Å². The lowest BCUT2D eigenvalue weighted by atomic mass is 9.96. The van der Waals surface area contributed by atoms with Crippen molar-refractivity contribution in [3.8, 4) is 0 Å². The summed E-state index contributed by atoms with van der Waals surface area (Å²) in [5.41, 5.74) is 0.396. The molecular formula is C19H32N6OS. The summed E-state index contributed by atoms with van der Waals surface area (Å²) in [5.74, 6) is 1.37. The monoisotopic (exact) mass is 392 g/mol. The molecule has 2 rings (SSSR count). The van der Waals surface area contributed by atoms with Gasteiger partial charge in [-0.3, -0.25) is 4.79 Å². The average Bonchev–Trinajstić information content (AvgIpc) is 2.94. The zero-order valence-electron chi connectivity index (χ0n) is 17.5. The fraction of sp³-hybridized carbons (Fsp3) is 0.684. The summed E-state index contributed by atoms with van der Waals surface area (Å²) in [5, 5.41) is 12.9. The second kappa shape index (κ2) is 8.91. The second-order valence-corrected chi connectivity index (χ2v) is 9.95. The van der Waals surface area contributed by atoms with Gasteiger partial charge in [0, 0.05) is 23.8 Å². The third kappa shape index (κ3) is 6.09. The van der Waals surface area contributed by atoms with E-state index in [0.29, 0.717) is 24.3 Å². The van der Waals surface area contributed by atoms with E-state index in [-0.39, 0.29) is 5.91 Å². The molecule has 8 heteroatoms. The summed E-state index contributed by atoms with van der Waals surface area (Å²) in [6, 6.07) is 0. The van der Waals surface area contributed by atoms with Crippen LogP contribution in [0.4, 0.5) is 5.82 Å². The Bertz CT molecular complexity index is 778. The van der Waals surface area contributed by atoms with Crippen LogP contribution in [0.2, 0.25) is 0 Å². The number of fused-ring (bicyclic) bond motifs is 1. The maximum atomic E-state index is 12.1. The van der Waals surface area contributed by atoms with E-state index in [4.69, 9.17) is 4.98 Å². The molecule has 0 aliphatic rings. The minimum absolute atomic E-state index is 0.0314. The molecule has 2 heterocycles.